The van der Waals surface area contributed by atoms with Gasteiger partial charge in [-0.1, -0.05) is 25.5 Å². The molecule has 2 nitrogen and oxygen atoms in total. The molecule has 2 heteroatoms. The quantitative estimate of drug-likeness (QED) is 0.723. The lowest BCUT2D eigenvalue weighted by Gasteiger charge is -2.03. The van der Waals surface area contributed by atoms with E-state index in [4.69, 9.17) is 0 Å². The number of para-hydroxylation sites is 2. The first-order valence-electron chi connectivity index (χ1n) is 7.06. The summed E-state index contributed by atoms with van der Waals surface area (Å²) in [6, 6.07) is 8.67. The highest BCUT2D eigenvalue weighted by molar-refractivity contribution is 5.71. The molecule has 1 aliphatic carbocycles. The van der Waals surface area contributed by atoms with E-state index < -0.39 is 0 Å². The SMILES string of the molecule is CCCCn1c[n+](C[C]2[CH][CH][CH][CH]2)c2ccccc21. The van der Waals surface area contributed by atoms with Crippen LogP contribution in [0.3, 0.4) is 0 Å². The summed E-state index contributed by atoms with van der Waals surface area (Å²) < 4.78 is 4.72. The second-order valence-electron chi connectivity index (χ2n) is 5.07. The van der Waals surface area contributed by atoms with E-state index >= 15 is 0 Å². The summed E-state index contributed by atoms with van der Waals surface area (Å²) in [6.07, 6.45) is 13.3. The highest BCUT2D eigenvalue weighted by Crippen LogP contribution is 2.23. The van der Waals surface area contributed by atoms with Crippen molar-refractivity contribution >= 4 is 11.0 Å². The molecule has 2 aromatic rings. The molecule has 1 aromatic heterocycles. The lowest BCUT2D eigenvalue weighted by molar-refractivity contribution is -0.666. The Kier molecular flexibility index (Phi) is 3.86. The van der Waals surface area contributed by atoms with E-state index in [0.29, 0.717) is 0 Å². The Morgan fingerprint density at radius 2 is 1.89 bits per heavy atom. The fourth-order valence-electron chi connectivity index (χ4n) is 2.59. The van der Waals surface area contributed by atoms with Crippen molar-refractivity contribution in [3.05, 3.63) is 62.2 Å². The molecule has 3 rings (SSSR count). The van der Waals surface area contributed by atoms with E-state index in [0.717, 1.165) is 13.1 Å². The van der Waals surface area contributed by atoms with Crippen LogP contribution in [0.4, 0.5) is 0 Å². The van der Waals surface area contributed by atoms with E-state index in [1.165, 1.54) is 29.8 Å². The molecule has 0 spiro atoms. The van der Waals surface area contributed by atoms with Crippen molar-refractivity contribution in [3.8, 4) is 0 Å². The number of hydrogen-bond donors (Lipinski definition) is 0. The van der Waals surface area contributed by atoms with Gasteiger partial charge in [-0.2, -0.15) is 0 Å². The highest BCUT2D eigenvalue weighted by atomic mass is 15.1. The number of fused-ring (bicyclic) bond motifs is 1. The lowest BCUT2D eigenvalue weighted by atomic mass is 10.1. The summed E-state index contributed by atoms with van der Waals surface area (Å²) in [6.45, 7) is 4.29. The molecule has 0 amide bonds. The van der Waals surface area contributed by atoms with Gasteiger partial charge < -0.3 is 0 Å². The zero-order valence-electron chi connectivity index (χ0n) is 11.4. The van der Waals surface area contributed by atoms with Crippen molar-refractivity contribution < 1.29 is 4.57 Å². The second kappa shape index (κ2) is 5.77. The number of unbranched alkanes of at least 4 members (excludes halogenated alkanes) is 1. The molecule has 0 atom stereocenters. The van der Waals surface area contributed by atoms with Crippen LogP contribution in [-0.4, -0.2) is 4.57 Å². The number of nitrogens with zero attached hydrogens (tertiary/aromatic N) is 2. The number of rotatable bonds is 5. The maximum absolute atomic E-state index is 2.38. The zero-order valence-corrected chi connectivity index (χ0v) is 11.4. The minimum absolute atomic E-state index is 0.951. The van der Waals surface area contributed by atoms with Crippen LogP contribution in [0.5, 0.6) is 0 Å². The molecule has 0 bridgehead atoms. The minimum atomic E-state index is 0.951. The normalized spacial score (nSPS) is 16.5. The van der Waals surface area contributed by atoms with Crippen LogP contribution in [0, 0.1) is 31.6 Å². The summed E-state index contributed by atoms with van der Waals surface area (Å²) >= 11 is 0. The maximum Gasteiger partial charge on any atom is 0.244 e. The van der Waals surface area contributed by atoms with Gasteiger partial charge in [0.15, 0.2) is 11.0 Å². The molecule has 19 heavy (non-hydrogen) atoms. The van der Waals surface area contributed by atoms with Crippen LogP contribution in [0.1, 0.15) is 19.8 Å². The Morgan fingerprint density at radius 3 is 2.68 bits per heavy atom. The van der Waals surface area contributed by atoms with Crippen LogP contribution in [0.2, 0.25) is 0 Å². The third kappa shape index (κ3) is 2.68. The Labute approximate surface area is 116 Å². The average Bonchev–Trinajstić information content (AvgIpc) is 3.06. The minimum Gasteiger partial charge on any atom is -0.230 e. The molecular formula is C17H20N2+. The Bertz CT molecular complexity index is 535. The van der Waals surface area contributed by atoms with Crippen LogP contribution in [0.15, 0.2) is 30.6 Å². The highest BCUT2D eigenvalue weighted by Gasteiger charge is 2.22. The monoisotopic (exact) mass is 252 g/mol. The topological polar surface area (TPSA) is 8.81 Å². The van der Waals surface area contributed by atoms with E-state index in [1.54, 1.807) is 0 Å². The Balaban J connectivity index is 1.89. The predicted octanol–water partition coefficient (Wildman–Crippen LogP) is 3.13. The predicted molar refractivity (Wildman–Crippen MR) is 77.5 cm³/mol. The zero-order chi connectivity index (χ0) is 13.1. The van der Waals surface area contributed by atoms with Gasteiger partial charge in [0.1, 0.15) is 0 Å². The Morgan fingerprint density at radius 1 is 1.11 bits per heavy atom. The third-order valence-electron chi connectivity index (χ3n) is 3.62. The number of benzene rings is 1. The van der Waals surface area contributed by atoms with E-state index in [9.17, 15) is 0 Å². The van der Waals surface area contributed by atoms with Gasteiger partial charge in [0.2, 0.25) is 6.33 Å². The van der Waals surface area contributed by atoms with Gasteiger partial charge >= 0.3 is 0 Å². The van der Waals surface area contributed by atoms with Crippen molar-refractivity contribution in [2.24, 2.45) is 0 Å². The first kappa shape index (κ1) is 12.7. The van der Waals surface area contributed by atoms with Crippen molar-refractivity contribution in [3.63, 3.8) is 0 Å². The van der Waals surface area contributed by atoms with Crippen molar-refractivity contribution in [2.45, 2.75) is 32.9 Å². The molecule has 0 aliphatic heterocycles. The fourth-order valence-corrected chi connectivity index (χ4v) is 2.59. The van der Waals surface area contributed by atoms with Crippen LogP contribution in [-0.2, 0) is 13.1 Å². The largest absolute Gasteiger partial charge is 0.244 e. The molecule has 1 fully saturated rings. The van der Waals surface area contributed by atoms with Crippen LogP contribution < -0.4 is 4.57 Å². The summed E-state index contributed by atoms with van der Waals surface area (Å²) in [5.41, 5.74) is 2.65. The van der Waals surface area contributed by atoms with Gasteiger partial charge in [-0.25, -0.2) is 9.13 Å². The molecule has 1 aliphatic rings. The lowest BCUT2D eigenvalue weighted by Crippen LogP contribution is -2.35. The van der Waals surface area contributed by atoms with Crippen LogP contribution >= 0.6 is 0 Å². The molecule has 0 saturated heterocycles. The first-order valence-corrected chi connectivity index (χ1v) is 7.06. The smallest absolute Gasteiger partial charge is 0.230 e. The van der Waals surface area contributed by atoms with E-state index in [-0.39, 0.29) is 0 Å². The van der Waals surface area contributed by atoms with Gasteiger partial charge in [0.25, 0.3) is 0 Å². The van der Waals surface area contributed by atoms with Crippen molar-refractivity contribution in [2.75, 3.05) is 0 Å². The second-order valence-corrected chi connectivity index (χ2v) is 5.07. The molecule has 0 unspecified atom stereocenters. The molecule has 0 N–H and O–H groups in total. The summed E-state index contributed by atoms with van der Waals surface area (Å²) in [7, 11) is 0. The molecule has 97 valence electrons. The van der Waals surface area contributed by atoms with Gasteiger partial charge in [0.05, 0.1) is 13.1 Å². The molecule has 1 saturated carbocycles. The van der Waals surface area contributed by atoms with Gasteiger partial charge in [-0.15, -0.1) is 0 Å². The summed E-state index contributed by atoms with van der Waals surface area (Å²) in [4.78, 5) is 0. The number of imidazole rings is 1. The summed E-state index contributed by atoms with van der Waals surface area (Å²) in [5, 5.41) is 0. The standard InChI is InChI=1S/C17H20N2/c1-2-3-12-18-14-19(13-15-8-4-5-9-15)17-11-7-6-10-16(17)18/h4-11,14H,2-3,12-13H2,1H3/q+1. The molecular weight excluding hydrogens is 232 g/mol. The molecule has 1 aromatic carbocycles. The number of hydrogen-bond acceptors (Lipinski definition) is 0. The van der Waals surface area contributed by atoms with E-state index in [2.05, 4.69) is 72.3 Å². The molecule has 5 radical (unpaired) electrons. The van der Waals surface area contributed by atoms with Gasteiger partial charge in [-0.05, 0) is 44.2 Å². The molecule has 1 heterocycles. The van der Waals surface area contributed by atoms with Crippen molar-refractivity contribution in [1.82, 2.24) is 4.57 Å². The average molecular weight is 252 g/mol. The number of aryl methyl sites for hydroxylation is 1. The van der Waals surface area contributed by atoms with Gasteiger partial charge in [0, 0.05) is 5.92 Å². The third-order valence-corrected chi connectivity index (χ3v) is 3.62. The van der Waals surface area contributed by atoms with Crippen molar-refractivity contribution in [1.29, 1.82) is 0 Å². The summed E-state index contributed by atoms with van der Waals surface area (Å²) in [5.74, 6) is 1.36. The van der Waals surface area contributed by atoms with E-state index in [1.807, 2.05) is 0 Å². The maximum atomic E-state index is 2.38. The first-order chi connectivity index (χ1) is 9.38. The number of aromatic nitrogens is 2. The Hall–Kier alpha value is -1.31. The van der Waals surface area contributed by atoms with Gasteiger partial charge in [-0.3, -0.25) is 0 Å². The fraction of sp³-hybridized carbons (Fsp3) is 0.294. The van der Waals surface area contributed by atoms with Crippen LogP contribution in [0.25, 0.3) is 11.0 Å².